The van der Waals surface area contributed by atoms with Crippen molar-refractivity contribution in [3.8, 4) is 5.75 Å². The number of carbonyl (C=O) groups excluding carboxylic acids is 1. The minimum atomic E-state index is -2.02. The summed E-state index contributed by atoms with van der Waals surface area (Å²) in [6.45, 7) is 3.92. The van der Waals surface area contributed by atoms with Crippen molar-refractivity contribution >= 4 is 19.4 Å². The predicted octanol–water partition coefficient (Wildman–Crippen LogP) is 4.02. The molecular weight excluding hydrogens is 346 g/mol. The summed E-state index contributed by atoms with van der Waals surface area (Å²) in [6.07, 6.45) is 0. The lowest BCUT2D eigenvalue weighted by Crippen LogP contribution is -2.26. The van der Waals surface area contributed by atoms with Crippen LogP contribution in [-0.4, -0.2) is 11.0 Å². The van der Waals surface area contributed by atoms with Gasteiger partial charge >= 0.3 is 0 Å². The third-order valence-corrected chi connectivity index (χ3v) is 2.76. The number of rotatable bonds is 3. The molecule has 0 aromatic heterocycles. The van der Waals surface area contributed by atoms with Crippen LogP contribution in [0, 0.1) is 23.3 Å². The molecule has 0 bridgehead atoms. The topological polar surface area (TPSA) is 49.3 Å². The van der Waals surface area contributed by atoms with Gasteiger partial charge in [-0.25, -0.2) is 8.78 Å². The largest absolute Gasteiger partial charge is 0.503 e. The molecule has 132 valence electrons. The number of benzene rings is 2. The molecule has 0 saturated heterocycles. The highest BCUT2D eigenvalue weighted by atomic mass is 32.1. The molecule has 2 aromatic carbocycles. The Bertz CT molecular complexity index is 667. The third-order valence-electron chi connectivity index (χ3n) is 2.76. The zero-order valence-corrected chi connectivity index (χ0v) is 14.0. The molecule has 0 heterocycles. The zero-order chi connectivity index (χ0) is 17.6. The Labute approximate surface area is 143 Å². The van der Waals surface area contributed by atoms with Gasteiger partial charge in [-0.1, -0.05) is 44.2 Å². The summed E-state index contributed by atoms with van der Waals surface area (Å²) in [6, 6.07) is 8.39. The van der Waals surface area contributed by atoms with E-state index >= 15 is 0 Å². The van der Waals surface area contributed by atoms with Gasteiger partial charge in [-0.05, 0) is 5.56 Å². The Morgan fingerprint density at radius 2 is 1.42 bits per heavy atom. The second-order valence-electron chi connectivity index (χ2n) is 4.15. The molecule has 0 saturated carbocycles. The molecule has 2 rings (SSSR count). The first-order valence-electron chi connectivity index (χ1n) is 6.80. The fourth-order valence-electron chi connectivity index (χ4n) is 1.69. The van der Waals surface area contributed by atoms with Crippen LogP contribution < -0.4 is 5.32 Å². The first kappa shape index (κ1) is 21.8. The van der Waals surface area contributed by atoms with Crippen LogP contribution in [0.5, 0.6) is 5.75 Å². The second-order valence-corrected chi connectivity index (χ2v) is 4.15. The average Bonchev–Trinajstić information content (AvgIpc) is 2.59. The summed E-state index contributed by atoms with van der Waals surface area (Å²) >= 11 is 0. The van der Waals surface area contributed by atoms with Gasteiger partial charge in [0.15, 0.2) is 17.4 Å². The number of halogens is 4. The van der Waals surface area contributed by atoms with Crippen LogP contribution in [0.25, 0.3) is 0 Å². The van der Waals surface area contributed by atoms with E-state index in [4.69, 9.17) is 5.11 Å². The molecule has 1 amide bonds. The Kier molecular flexibility index (Phi) is 8.91. The lowest BCUT2D eigenvalue weighted by atomic mass is 10.1. The molecule has 0 atom stereocenters. The molecular formula is C16H17F4NO2S. The van der Waals surface area contributed by atoms with E-state index in [1.54, 1.807) is 30.3 Å². The molecule has 2 N–H and O–H groups in total. The summed E-state index contributed by atoms with van der Waals surface area (Å²) in [5.74, 6) is -11.1. The monoisotopic (exact) mass is 363 g/mol. The predicted molar refractivity (Wildman–Crippen MR) is 87.3 cm³/mol. The van der Waals surface area contributed by atoms with Crippen molar-refractivity contribution in [1.82, 2.24) is 5.32 Å². The van der Waals surface area contributed by atoms with Gasteiger partial charge < -0.3 is 10.4 Å². The highest BCUT2D eigenvalue weighted by Crippen LogP contribution is 2.28. The highest BCUT2D eigenvalue weighted by molar-refractivity contribution is 7.59. The van der Waals surface area contributed by atoms with Gasteiger partial charge in [0.05, 0.1) is 0 Å². The van der Waals surface area contributed by atoms with Crippen molar-refractivity contribution in [2.45, 2.75) is 20.4 Å². The number of nitrogens with one attached hydrogen (secondary N) is 1. The molecule has 24 heavy (non-hydrogen) atoms. The van der Waals surface area contributed by atoms with Gasteiger partial charge in [0.1, 0.15) is 5.56 Å². The smallest absolute Gasteiger partial charge is 0.257 e. The quantitative estimate of drug-likeness (QED) is 0.639. The van der Waals surface area contributed by atoms with E-state index in [9.17, 15) is 22.4 Å². The molecule has 0 aliphatic rings. The first-order chi connectivity index (χ1) is 10.9. The van der Waals surface area contributed by atoms with E-state index in [0.717, 1.165) is 0 Å². The summed E-state index contributed by atoms with van der Waals surface area (Å²) in [7, 11) is 0. The van der Waals surface area contributed by atoms with Crippen molar-refractivity contribution in [2.24, 2.45) is 0 Å². The number of phenols is 1. The van der Waals surface area contributed by atoms with Gasteiger partial charge in [-0.2, -0.15) is 22.3 Å². The Hall–Kier alpha value is -2.22. The maximum absolute atomic E-state index is 13.5. The van der Waals surface area contributed by atoms with Crippen LogP contribution in [-0.2, 0) is 6.54 Å². The van der Waals surface area contributed by atoms with Gasteiger partial charge in [0.25, 0.3) is 5.91 Å². The van der Waals surface area contributed by atoms with Crippen molar-refractivity contribution in [1.29, 1.82) is 0 Å². The highest BCUT2D eigenvalue weighted by Gasteiger charge is 2.29. The minimum Gasteiger partial charge on any atom is -0.503 e. The SMILES string of the molecule is CC.O=C(NCc1ccccc1)c1c(F)c(F)c(O)c(F)c1F.S. The Morgan fingerprint density at radius 1 is 0.958 bits per heavy atom. The minimum absolute atomic E-state index is 0. The number of hydrogen-bond acceptors (Lipinski definition) is 2. The maximum Gasteiger partial charge on any atom is 0.257 e. The van der Waals surface area contributed by atoms with Crippen LogP contribution in [0.2, 0.25) is 0 Å². The standard InChI is InChI=1S/C14H9F4NO2.C2H6.H2S/c15-9-8(10(16)12(18)13(20)11(9)17)14(21)19-6-7-4-2-1-3-5-7;1-2;/h1-5,20H,6H2,(H,19,21);1-2H3;1H2. The third kappa shape index (κ3) is 4.64. The van der Waals surface area contributed by atoms with E-state index in [1.165, 1.54) is 0 Å². The lowest BCUT2D eigenvalue weighted by molar-refractivity contribution is 0.0939. The fraction of sp³-hybridized carbons (Fsp3) is 0.188. The molecule has 0 unspecified atom stereocenters. The number of hydrogen-bond donors (Lipinski definition) is 2. The molecule has 0 aliphatic carbocycles. The van der Waals surface area contributed by atoms with Gasteiger partial charge in [-0.15, -0.1) is 0 Å². The van der Waals surface area contributed by atoms with Crippen LogP contribution in [0.15, 0.2) is 30.3 Å². The van der Waals surface area contributed by atoms with Crippen LogP contribution in [0.1, 0.15) is 29.8 Å². The Balaban J connectivity index is 0.00000170. The molecule has 0 radical (unpaired) electrons. The summed E-state index contributed by atoms with van der Waals surface area (Å²) in [5, 5.41) is 11.0. The van der Waals surface area contributed by atoms with Crippen LogP contribution in [0.3, 0.4) is 0 Å². The zero-order valence-electron chi connectivity index (χ0n) is 13.0. The van der Waals surface area contributed by atoms with Crippen molar-refractivity contribution < 1.29 is 27.5 Å². The summed E-state index contributed by atoms with van der Waals surface area (Å²) < 4.78 is 53.2. The van der Waals surface area contributed by atoms with Crippen molar-refractivity contribution in [2.75, 3.05) is 0 Å². The average molecular weight is 363 g/mol. The lowest BCUT2D eigenvalue weighted by Gasteiger charge is -2.09. The van der Waals surface area contributed by atoms with Crippen LogP contribution >= 0.6 is 13.5 Å². The molecule has 3 nitrogen and oxygen atoms in total. The molecule has 8 heteroatoms. The number of amides is 1. The number of carbonyl (C=O) groups is 1. The maximum atomic E-state index is 13.5. The Morgan fingerprint density at radius 3 is 1.88 bits per heavy atom. The van der Waals surface area contributed by atoms with E-state index in [1.807, 2.05) is 13.8 Å². The fourth-order valence-corrected chi connectivity index (χ4v) is 1.69. The first-order valence-corrected chi connectivity index (χ1v) is 6.80. The van der Waals surface area contributed by atoms with E-state index in [2.05, 4.69) is 5.32 Å². The van der Waals surface area contributed by atoms with Gasteiger partial charge in [0, 0.05) is 6.54 Å². The van der Waals surface area contributed by atoms with Crippen molar-refractivity contribution in [3.63, 3.8) is 0 Å². The second kappa shape index (κ2) is 9.82. The normalized spacial score (nSPS) is 9.42. The molecule has 0 aliphatic heterocycles. The van der Waals surface area contributed by atoms with Crippen molar-refractivity contribution in [3.05, 3.63) is 64.7 Å². The molecule has 2 aromatic rings. The van der Waals surface area contributed by atoms with E-state index < -0.39 is 40.5 Å². The van der Waals surface area contributed by atoms with E-state index in [-0.39, 0.29) is 20.0 Å². The molecule has 0 fully saturated rings. The summed E-state index contributed by atoms with van der Waals surface area (Å²) in [4.78, 5) is 11.7. The van der Waals surface area contributed by atoms with E-state index in [0.29, 0.717) is 5.56 Å². The van der Waals surface area contributed by atoms with Gasteiger partial charge in [-0.3, -0.25) is 4.79 Å². The van der Waals surface area contributed by atoms with Crippen LogP contribution in [0.4, 0.5) is 17.6 Å². The van der Waals surface area contributed by atoms with Gasteiger partial charge in [0.2, 0.25) is 11.6 Å². The number of aromatic hydroxyl groups is 1. The molecule has 0 spiro atoms. The summed E-state index contributed by atoms with van der Waals surface area (Å²) in [5.41, 5.74) is -0.787. The number of phenolic OH excluding ortho intramolecular Hbond substituents is 1.